The Balaban J connectivity index is 2.62. The van der Waals surface area contributed by atoms with E-state index in [1.165, 1.54) is 17.6 Å². The third-order valence-electron chi connectivity index (χ3n) is 1.83. The zero-order chi connectivity index (χ0) is 10.1. The van der Waals surface area contributed by atoms with Gasteiger partial charge in [0.25, 0.3) is 5.91 Å². The molecule has 0 unspecified atom stereocenters. The van der Waals surface area contributed by atoms with Crippen molar-refractivity contribution in [1.29, 1.82) is 0 Å². The molecule has 0 spiro atoms. The minimum absolute atomic E-state index is 0.165. The number of carbonyl (C=O) groups is 1. The van der Waals surface area contributed by atoms with Gasteiger partial charge in [0.2, 0.25) is 0 Å². The van der Waals surface area contributed by atoms with Gasteiger partial charge in [-0.25, -0.2) is 15.0 Å². The maximum absolute atomic E-state index is 11.6. The van der Waals surface area contributed by atoms with Crippen molar-refractivity contribution in [2.45, 2.75) is 0 Å². The lowest BCUT2D eigenvalue weighted by atomic mass is 10.3. The van der Waals surface area contributed by atoms with Crippen LogP contribution >= 0.6 is 0 Å². The highest BCUT2D eigenvalue weighted by Gasteiger charge is 2.15. The maximum atomic E-state index is 11.6. The fourth-order valence-electron chi connectivity index (χ4n) is 1.14. The Bertz CT molecular complexity index is 475. The van der Waals surface area contributed by atoms with Gasteiger partial charge in [0.1, 0.15) is 11.8 Å². The molecular weight excluding hydrogens is 182 g/mol. The lowest BCUT2D eigenvalue weighted by Gasteiger charge is -2.08. The Kier molecular flexibility index (Phi) is 1.88. The lowest BCUT2D eigenvalue weighted by Crippen LogP contribution is -2.23. The number of nitrogens with zero attached hydrogens (tertiary/aromatic N) is 4. The average molecular weight is 191 g/mol. The molecule has 0 bridgehead atoms. The Morgan fingerprint density at radius 1 is 1.36 bits per heavy atom. The number of aromatic nitrogens is 4. The zero-order valence-corrected chi connectivity index (χ0v) is 7.85. The monoisotopic (exact) mass is 191 g/mol. The first kappa shape index (κ1) is 8.61. The molecule has 0 aliphatic carbocycles. The van der Waals surface area contributed by atoms with Crippen LogP contribution < -0.4 is 0 Å². The number of rotatable bonds is 1. The predicted molar refractivity (Wildman–Crippen MR) is 49.7 cm³/mol. The van der Waals surface area contributed by atoms with Crippen molar-refractivity contribution in [2.24, 2.45) is 0 Å². The minimum atomic E-state index is -0.165. The molecule has 0 aromatic carbocycles. The van der Waals surface area contributed by atoms with E-state index in [4.69, 9.17) is 0 Å². The molecular formula is C8H9N5O. The maximum Gasteiger partial charge on any atom is 0.274 e. The second-order valence-corrected chi connectivity index (χ2v) is 3.02. The number of aromatic amines is 1. The number of H-pyrrole nitrogens is 1. The molecule has 1 amide bonds. The molecule has 2 aromatic rings. The molecule has 0 saturated carbocycles. The second-order valence-electron chi connectivity index (χ2n) is 3.02. The van der Waals surface area contributed by atoms with Gasteiger partial charge in [-0.15, -0.1) is 0 Å². The number of fused-ring (bicyclic) bond motifs is 1. The van der Waals surface area contributed by atoms with Gasteiger partial charge >= 0.3 is 0 Å². The van der Waals surface area contributed by atoms with Gasteiger partial charge in [-0.2, -0.15) is 0 Å². The molecule has 0 fully saturated rings. The number of nitrogens with one attached hydrogen (secondary N) is 1. The third kappa shape index (κ3) is 1.20. The molecule has 2 aromatic heterocycles. The van der Waals surface area contributed by atoms with E-state index in [0.29, 0.717) is 16.9 Å². The fourth-order valence-corrected chi connectivity index (χ4v) is 1.14. The van der Waals surface area contributed by atoms with E-state index in [-0.39, 0.29) is 5.91 Å². The Labute approximate surface area is 80.0 Å². The molecule has 0 aliphatic rings. The average Bonchev–Trinajstić information content (AvgIpc) is 2.63. The summed E-state index contributed by atoms with van der Waals surface area (Å²) < 4.78 is 0. The van der Waals surface area contributed by atoms with E-state index in [2.05, 4.69) is 19.9 Å². The minimum Gasteiger partial charge on any atom is -0.343 e. The smallest absolute Gasteiger partial charge is 0.274 e. The summed E-state index contributed by atoms with van der Waals surface area (Å²) in [5, 5.41) is 0. The molecule has 2 rings (SSSR count). The van der Waals surface area contributed by atoms with Crippen LogP contribution in [-0.2, 0) is 0 Å². The van der Waals surface area contributed by atoms with Crippen LogP contribution in [0, 0.1) is 0 Å². The summed E-state index contributed by atoms with van der Waals surface area (Å²) in [6.07, 6.45) is 2.83. The van der Waals surface area contributed by atoms with E-state index in [1.54, 1.807) is 14.1 Å². The van der Waals surface area contributed by atoms with Crippen molar-refractivity contribution >= 4 is 17.1 Å². The summed E-state index contributed by atoms with van der Waals surface area (Å²) in [6.45, 7) is 0. The van der Waals surface area contributed by atoms with Gasteiger partial charge in [-0.3, -0.25) is 4.79 Å². The van der Waals surface area contributed by atoms with Crippen LogP contribution in [0.2, 0.25) is 0 Å². The highest BCUT2D eigenvalue weighted by Crippen LogP contribution is 2.10. The normalized spacial score (nSPS) is 10.4. The van der Waals surface area contributed by atoms with Crippen molar-refractivity contribution in [3.8, 4) is 0 Å². The summed E-state index contributed by atoms with van der Waals surface area (Å²) in [6, 6.07) is 0. The van der Waals surface area contributed by atoms with Crippen LogP contribution in [0.1, 0.15) is 10.5 Å². The van der Waals surface area contributed by atoms with E-state index in [1.807, 2.05) is 0 Å². The molecule has 0 aliphatic heterocycles. The van der Waals surface area contributed by atoms with Gasteiger partial charge in [-0.1, -0.05) is 0 Å². The van der Waals surface area contributed by atoms with Crippen LogP contribution in [0.5, 0.6) is 0 Å². The summed E-state index contributed by atoms with van der Waals surface area (Å²) >= 11 is 0. The van der Waals surface area contributed by atoms with E-state index in [0.717, 1.165) is 0 Å². The molecule has 6 nitrogen and oxygen atoms in total. The first-order valence-electron chi connectivity index (χ1n) is 4.06. The van der Waals surface area contributed by atoms with Gasteiger partial charge in [-0.05, 0) is 0 Å². The number of hydrogen-bond acceptors (Lipinski definition) is 4. The second kappa shape index (κ2) is 3.06. The Morgan fingerprint density at radius 3 is 2.86 bits per heavy atom. The summed E-state index contributed by atoms with van der Waals surface area (Å²) in [5.74, 6) is -0.165. The summed E-state index contributed by atoms with van der Waals surface area (Å²) in [5.41, 5.74) is 1.42. The quantitative estimate of drug-likeness (QED) is 0.691. The van der Waals surface area contributed by atoms with Crippen molar-refractivity contribution in [3.63, 3.8) is 0 Å². The van der Waals surface area contributed by atoms with E-state index < -0.39 is 0 Å². The van der Waals surface area contributed by atoms with E-state index >= 15 is 0 Å². The number of carbonyl (C=O) groups excluding carboxylic acids is 1. The molecule has 0 saturated heterocycles. The molecule has 0 radical (unpaired) electrons. The van der Waals surface area contributed by atoms with Gasteiger partial charge in [0, 0.05) is 14.1 Å². The highest BCUT2D eigenvalue weighted by atomic mass is 16.2. The largest absolute Gasteiger partial charge is 0.343 e. The van der Waals surface area contributed by atoms with Crippen molar-refractivity contribution < 1.29 is 4.79 Å². The van der Waals surface area contributed by atoms with Crippen molar-refractivity contribution in [2.75, 3.05) is 14.1 Å². The van der Waals surface area contributed by atoms with E-state index in [9.17, 15) is 4.79 Å². The molecule has 72 valence electrons. The summed E-state index contributed by atoms with van der Waals surface area (Å²) in [4.78, 5) is 27.7. The highest BCUT2D eigenvalue weighted by molar-refractivity contribution is 6.01. The number of amides is 1. The molecule has 14 heavy (non-hydrogen) atoms. The van der Waals surface area contributed by atoms with Crippen LogP contribution in [0.25, 0.3) is 11.2 Å². The SMILES string of the molecule is CN(C)C(=O)c1ncnc2nc[nH]c12. The number of imidazole rings is 1. The zero-order valence-electron chi connectivity index (χ0n) is 7.85. The van der Waals surface area contributed by atoms with Crippen molar-refractivity contribution in [1.82, 2.24) is 24.8 Å². The van der Waals surface area contributed by atoms with Crippen LogP contribution in [0.4, 0.5) is 0 Å². The van der Waals surface area contributed by atoms with Gasteiger partial charge in [0.15, 0.2) is 11.3 Å². The van der Waals surface area contributed by atoms with Crippen LogP contribution in [0.15, 0.2) is 12.7 Å². The lowest BCUT2D eigenvalue weighted by molar-refractivity contribution is 0.0823. The number of hydrogen-bond donors (Lipinski definition) is 1. The van der Waals surface area contributed by atoms with Crippen LogP contribution in [-0.4, -0.2) is 44.8 Å². The van der Waals surface area contributed by atoms with Crippen molar-refractivity contribution in [3.05, 3.63) is 18.3 Å². The molecule has 0 atom stereocenters. The topological polar surface area (TPSA) is 74.8 Å². The van der Waals surface area contributed by atoms with Gasteiger partial charge in [0.05, 0.1) is 6.33 Å². The van der Waals surface area contributed by atoms with Gasteiger partial charge < -0.3 is 9.88 Å². The Morgan fingerprint density at radius 2 is 2.14 bits per heavy atom. The first-order chi connectivity index (χ1) is 6.70. The molecule has 2 heterocycles. The molecule has 6 heteroatoms. The standard InChI is InChI=1S/C8H9N5O/c1-13(2)8(14)6-5-7(11-3-9-5)12-4-10-6/h3-4H,1-2H3,(H,9,10,11,12). The van der Waals surface area contributed by atoms with Crippen LogP contribution in [0.3, 0.4) is 0 Å². The predicted octanol–water partition coefficient (Wildman–Crippen LogP) is 0.0547. The Hall–Kier alpha value is -1.98. The first-order valence-corrected chi connectivity index (χ1v) is 4.06. The molecule has 1 N–H and O–H groups in total. The fraction of sp³-hybridized carbons (Fsp3) is 0.250. The summed E-state index contributed by atoms with van der Waals surface area (Å²) in [7, 11) is 3.35. The third-order valence-corrected chi connectivity index (χ3v) is 1.83.